The number of nitrogens with zero attached hydrogens (tertiary/aromatic N) is 2. The third kappa shape index (κ3) is 4.26. The molecule has 1 fully saturated rings. The second-order valence-electron chi connectivity index (χ2n) is 7.33. The first kappa shape index (κ1) is 19.1. The highest BCUT2D eigenvalue weighted by atomic mass is 35.5. The standard InChI is InChI=1S/C23H22Cl2N2O/c24-21-8-5-19(16-22(21)25)23(28)27-13-9-18(10-14-27)15-17-3-6-20(7-4-17)26-11-1-2-12-26/h1-8,11-12,16,18H,9-10,13-15H2. The molecule has 0 spiro atoms. The lowest BCUT2D eigenvalue weighted by molar-refractivity contribution is 0.0690. The van der Waals surface area contributed by atoms with Crippen molar-refractivity contribution >= 4 is 29.1 Å². The van der Waals surface area contributed by atoms with Crippen LogP contribution in [0.5, 0.6) is 0 Å². The number of benzene rings is 2. The maximum Gasteiger partial charge on any atom is 0.253 e. The minimum Gasteiger partial charge on any atom is -0.339 e. The predicted octanol–water partition coefficient (Wildman–Crippen LogP) is 5.88. The monoisotopic (exact) mass is 412 g/mol. The Morgan fingerprint density at radius 2 is 1.61 bits per heavy atom. The molecule has 1 aromatic heterocycles. The molecule has 0 radical (unpaired) electrons. The Bertz CT molecular complexity index is 943. The van der Waals surface area contributed by atoms with E-state index in [9.17, 15) is 4.79 Å². The molecule has 5 heteroatoms. The second-order valence-corrected chi connectivity index (χ2v) is 8.14. The Morgan fingerprint density at radius 3 is 2.25 bits per heavy atom. The molecule has 0 unspecified atom stereocenters. The smallest absolute Gasteiger partial charge is 0.253 e. The lowest BCUT2D eigenvalue weighted by atomic mass is 9.90. The highest BCUT2D eigenvalue weighted by molar-refractivity contribution is 6.42. The predicted molar refractivity (Wildman–Crippen MR) is 115 cm³/mol. The van der Waals surface area contributed by atoms with Gasteiger partial charge in [-0.3, -0.25) is 4.79 Å². The van der Waals surface area contributed by atoms with Gasteiger partial charge in [-0.25, -0.2) is 0 Å². The van der Waals surface area contributed by atoms with Gasteiger partial charge < -0.3 is 9.47 Å². The van der Waals surface area contributed by atoms with Gasteiger partial charge in [0.25, 0.3) is 5.91 Å². The first-order valence-corrected chi connectivity index (χ1v) is 10.3. The van der Waals surface area contributed by atoms with Crippen LogP contribution in [-0.4, -0.2) is 28.5 Å². The van der Waals surface area contributed by atoms with Crippen LogP contribution in [0.4, 0.5) is 0 Å². The number of aromatic nitrogens is 1. The van der Waals surface area contributed by atoms with Gasteiger partial charge >= 0.3 is 0 Å². The molecule has 0 atom stereocenters. The van der Waals surface area contributed by atoms with E-state index in [0.717, 1.165) is 32.4 Å². The Labute approximate surface area is 175 Å². The molecule has 0 saturated carbocycles. The van der Waals surface area contributed by atoms with Gasteiger partial charge in [0, 0.05) is 36.7 Å². The number of hydrogen-bond acceptors (Lipinski definition) is 1. The van der Waals surface area contributed by atoms with Gasteiger partial charge in [0.2, 0.25) is 0 Å². The highest BCUT2D eigenvalue weighted by Gasteiger charge is 2.24. The second kappa shape index (κ2) is 8.42. The molecule has 1 aliphatic heterocycles. The van der Waals surface area contributed by atoms with E-state index < -0.39 is 0 Å². The van der Waals surface area contributed by atoms with E-state index in [1.807, 2.05) is 17.0 Å². The summed E-state index contributed by atoms with van der Waals surface area (Å²) in [4.78, 5) is 14.6. The van der Waals surface area contributed by atoms with Crippen LogP contribution in [0.1, 0.15) is 28.8 Å². The first-order valence-electron chi connectivity index (χ1n) is 9.57. The minimum atomic E-state index is 0.0353. The van der Waals surface area contributed by atoms with E-state index in [-0.39, 0.29) is 5.91 Å². The molecule has 3 aromatic rings. The van der Waals surface area contributed by atoms with Crippen LogP contribution in [-0.2, 0) is 6.42 Å². The third-order valence-corrected chi connectivity index (χ3v) is 6.17. The summed E-state index contributed by atoms with van der Waals surface area (Å²) in [7, 11) is 0. The Kier molecular flexibility index (Phi) is 5.74. The fourth-order valence-electron chi connectivity index (χ4n) is 3.80. The van der Waals surface area contributed by atoms with E-state index in [1.165, 1.54) is 11.3 Å². The quantitative estimate of drug-likeness (QED) is 0.525. The van der Waals surface area contributed by atoms with Crippen molar-refractivity contribution in [3.05, 3.63) is 88.2 Å². The average Bonchev–Trinajstić information content (AvgIpc) is 3.26. The molecule has 144 valence electrons. The van der Waals surface area contributed by atoms with E-state index >= 15 is 0 Å². The van der Waals surface area contributed by atoms with Crippen LogP contribution in [0.25, 0.3) is 5.69 Å². The molecular formula is C23H22Cl2N2O. The molecule has 1 aliphatic rings. The van der Waals surface area contributed by atoms with Crippen LogP contribution in [0, 0.1) is 5.92 Å². The van der Waals surface area contributed by atoms with Crippen molar-refractivity contribution < 1.29 is 4.79 Å². The Balaban J connectivity index is 1.32. The van der Waals surface area contributed by atoms with Crippen molar-refractivity contribution in [1.82, 2.24) is 9.47 Å². The lowest BCUT2D eigenvalue weighted by Gasteiger charge is -2.32. The summed E-state index contributed by atoms with van der Waals surface area (Å²) in [5, 5.41) is 0.894. The molecule has 2 aromatic carbocycles. The zero-order chi connectivity index (χ0) is 19.5. The summed E-state index contributed by atoms with van der Waals surface area (Å²) in [5.41, 5.74) is 3.13. The number of carbonyl (C=O) groups excluding carboxylic acids is 1. The molecule has 0 bridgehead atoms. The fourth-order valence-corrected chi connectivity index (χ4v) is 4.09. The van der Waals surface area contributed by atoms with Crippen LogP contribution < -0.4 is 0 Å². The number of hydrogen-bond donors (Lipinski definition) is 0. The van der Waals surface area contributed by atoms with E-state index in [2.05, 4.69) is 41.2 Å². The fraction of sp³-hybridized carbons (Fsp3) is 0.261. The molecule has 0 N–H and O–H groups in total. The Morgan fingerprint density at radius 1 is 0.929 bits per heavy atom. The molecule has 4 rings (SSSR count). The van der Waals surface area contributed by atoms with Crippen LogP contribution in [0.3, 0.4) is 0 Å². The largest absolute Gasteiger partial charge is 0.339 e. The van der Waals surface area contributed by atoms with Crippen molar-refractivity contribution in [3.63, 3.8) is 0 Å². The maximum absolute atomic E-state index is 12.7. The zero-order valence-corrected chi connectivity index (χ0v) is 17.0. The van der Waals surface area contributed by atoms with Gasteiger partial charge in [0.1, 0.15) is 0 Å². The highest BCUT2D eigenvalue weighted by Crippen LogP contribution is 2.26. The molecule has 1 amide bonds. The number of carbonyl (C=O) groups is 1. The molecule has 0 aliphatic carbocycles. The number of rotatable bonds is 4. The topological polar surface area (TPSA) is 25.2 Å². The van der Waals surface area contributed by atoms with Crippen LogP contribution in [0.2, 0.25) is 10.0 Å². The SMILES string of the molecule is O=C(c1ccc(Cl)c(Cl)c1)N1CCC(Cc2ccc(-n3cccc3)cc2)CC1. The summed E-state index contributed by atoms with van der Waals surface area (Å²) >= 11 is 12.0. The number of amides is 1. The van der Waals surface area contributed by atoms with Crippen molar-refractivity contribution in [3.8, 4) is 5.69 Å². The number of halogens is 2. The van der Waals surface area contributed by atoms with Crippen molar-refractivity contribution in [2.75, 3.05) is 13.1 Å². The number of piperidine rings is 1. The summed E-state index contributed by atoms with van der Waals surface area (Å²) in [6.07, 6.45) is 7.20. The van der Waals surface area contributed by atoms with Crippen molar-refractivity contribution in [2.24, 2.45) is 5.92 Å². The van der Waals surface area contributed by atoms with Gasteiger partial charge in [-0.2, -0.15) is 0 Å². The van der Waals surface area contributed by atoms with Gasteiger partial charge in [-0.1, -0.05) is 35.3 Å². The maximum atomic E-state index is 12.7. The van der Waals surface area contributed by atoms with Crippen molar-refractivity contribution in [1.29, 1.82) is 0 Å². The Hall–Kier alpha value is -2.23. The van der Waals surface area contributed by atoms with Gasteiger partial charge in [0.05, 0.1) is 10.0 Å². The molecule has 28 heavy (non-hydrogen) atoms. The van der Waals surface area contributed by atoms with Gasteiger partial charge in [-0.15, -0.1) is 0 Å². The summed E-state index contributed by atoms with van der Waals surface area (Å²) in [6.45, 7) is 1.57. The normalized spacial score (nSPS) is 15.0. The third-order valence-electron chi connectivity index (χ3n) is 5.43. The van der Waals surface area contributed by atoms with Gasteiger partial charge in [0.15, 0.2) is 0 Å². The lowest BCUT2D eigenvalue weighted by Crippen LogP contribution is -2.38. The van der Waals surface area contributed by atoms with Gasteiger partial charge in [-0.05, 0) is 73.2 Å². The molecule has 3 nitrogen and oxygen atoms in total. The molecule has 1 saturated heterocycles. The first-order chi connectivity index (χ1) is 13.6. The van der Waals surface area contributed by atoms with Crippen molar-refractivity contribution in [2.45, 2.75) is 19.3 Å². The van der Waals surface area contributed by atoms with E-state index in [1.54, 1.807) is 18.2 Å². The van der Waals surface area contributed by atoms with Crippen LogP contribution >= 0.6 is 23.2 Å². The van der Waals surface area contributed by atoms with Crippen LogP contribution in [0.15, 0.2) is 67.0 Å². The molecule has 2 heterocycles. The van der Waals surface area contributed by atoms with E-state index in [4.69, 9.17) is 23.2 Å². The summed E-state index contributed by atoms with van der Waals surface area (Å²) in [6, 6.07) is 17.9. The molecular weight excluding hydrogens is 391 g/mol. The summed E-state index contributed by atoms with van der Waals surface area (Å²) in [5.74, 6) is 0.642. The van der Waals surface area contributed by atoms with E-state index in [0.29, 0.717) is 21.5 Å². The minimum absolute atomic E-state index is 0.0353. The number of likely N-dealkylation sites (tertiary alicyclic amines) is 1. The zero-order valence-electron chi connectivity index (χ0n) is 15.5. The average molecular weight is 413 g/mol. The summed E-state index contributed by atoms with van der Waals surface area (Å²) < 4.78 is 2.11.